The quantitative estimate of drug-likeness (QED) is 0.0204. The van der Waals surface area contributed by atoms with Crippen molar-refractivity contribution in [3.63, 3.8) is 0 Å². The van der Waals surface area contributed by atoms with E-state index in [2.05, 4.69) is 31.3 Å². The van der Waals surface area contributed by atoms with Gasteiger partial charge in [-0.05, 0) is 32.1 Å². The number of aliphatic hydroxyl groups is 8. The minimum atomic E-state index is -1.79. The van der Waals surface area contributed by atoms with Crippen LogP contribution in [-0.2, 0) is 23.7 Å². The van der Waals surface area contributed by atoms with Gasteiger partial charge in [-0.15, -0.1) is 0 Å². The van der Waals surface area contributed by atoms with Gasteiger partial charge in [-0.1, -0.05) is 269 Å². The van der Waals surface area contributed by atoms with Crippen LogP contribution < -0.4 is 5.32 Å². The summed E-state index contributed by atoms with van der Waals surface area (Å²) in [6, 6.07) is -0.927. The minimum Gasteiger partial charge on any atom is -0.394 e. The monoisotopic (exact) mass is 1110 g/mol. The van der Waals surface area contributed by atoms with Gasteiger partial charge < -0.3 is 65.1 Å². The van der Waals surface area contributed by atoms with Crippen LogP contribution in [0.15, 0.2) is 24.3 Å². The molecule has 460 valence electrons. The summed E-state index contributed by atoms with van der Waals surface area (Å²) in [4.78, 5) is 13.3. The second-order valence-corrected chi connectivity index (χ2v) is 23.2. The lowest BCUT2D eigenvalue weighted by Crippen LogP contribution is -2.65. The summed E-state index contributed by atoms with van der Waals surface area (Å²) < 4.78 is 22.8. The van der Waals surface area contributed by atoms with Gasteiger partial charge >= 0.3 is 0 Å². The summed E-state index contributed by atoms with van der Waals surface area (Å²) in [5.74, 6) is -0.244. The molecule has 0 saturated carbocycles. The fourth-order valence-electron chi connectivity index (χ4n) is 10.9. The Morgan fingerprint density at radius 3 is 1.26 bits per heavy atom. The average molecular weight is 1110 g/mol. The Kier molecular flexibility index (Phi) is 46.5. The average Bonchev–Trinajstić information content (AvgIpc) is 3.48. The zero-order valence-electron chi connectivity index (χ0n) is 49.7. The molecule has 12 atom stereocenters. The van der Waals surface area contributed by atoms with Crippen LogP contribution in [0.2, 0.25) is 0 Å². The molecule has 2 rings (SSSR count). The third-order valence-electron chi connectivity index (χ3n) is 16.1. The molecule has 14 nitrogen and oxygen atoms in total. The van der Waals surface area contributed by atoms with Crippen LogP contribution in [0.4, 0.5) is 0 Å². The SMILES string of the molecule is CCCCCCCCCC/C=C/CC/C=C/C(O)C(COC1OC(CO)C(OC2OC(CO)C(O)C(O)C2O)C(O)C1O)NC(=O)CCCCCCCCCCCCCCCCCCCCCCCCCCCCCCCC. The summed E-state index contributed by atoms with van der Waals surface area (Å²) in [7, 11) is 0. The van der Waals surface area contributed by atoms with Crippen molar-refractivity contribution in [3.05, 3.63) is 24.3 Å². The first kappa shape index (κ1) is 72.6. The molecule has 2 aliphatic rings. The van der Waals surface area contributed by atoms with E-state index in [1.54, 1.807) is 6.08 Å². The van der Waals surface area contributed by atoms with Crippen molar-refractivity contribution in [1.82, 2.24) is 5.32 Å². The van der Waals surface area contributed by atoms with Gasteiger partial charge in [-0.3, -0.25) is 4.79 Å². The fraction of sp³-hybridized carbons (Fsp3) is 0.922. The van der Waals surface area contributed by atoms with Crippen molar-refractivity contribution >= 4 is 5.91 Å². The molecule has 0 aromatic carbocycles. The molecular formula is C64H121NO13. The standard InChI is InChI=1S/C64H121NO13/c1-3-5-7-9-11-13-15-17-19-20-21-22-23-24-25-26-27-28-29-30-31-32-33-34-36-38-40-42-44-46-48-56(69)65-52(53(68)47-45-43-41-39-37-35-18-16-14-12-10-8-6-4-2)51-75-63-61(74)59(72)62(55(50-67)77-63)78-64-60(73)58(71)57(70)54(49-66)76-64/h37,39,45,47,52-55,57-64,66-68,70-74H,3-36,38,40-44,46,48-51H2,1-2H3,(H,65,69)/b39-37+,47-45+. The highest BCUT2D eigenvalue weighted by Gasteiger charge is 2.51. The van der Waals surface area contributed by atoms with E-state index in [-0.39, 0.29) is 18.9 Å². The highest BCUT2D eigenvalue weighted by Crippen LogP contribution is 2.30. The van der Waals surface area contributed by atoms with Crippen LogP contribution in [0.1, 0.15) is 284 Å². The summed E-state index contributed by atoms with van der Waals surface area (Å²) in [6.07, 6.45) is 43.9. The Morgan fingerprint density at radius 2 is 0.821 bits per heavy atom. The highest BCUT2D eigenvalue weighted by molar-refractivity contribution is 5.76. The lowest BCUT2D eigenvalue weighted by atomic mass is 9.97. The second kappa shape index (κ2) is 50.0. The molecule has 0 aromatic heterocycles. The Balaban J connectivity index is 1.65. The maximum Gasteiger partial charge on any atom is 0.220 e. The van der Waals surface area contributed by atoms with E-state index < -0.39 is 86.8 Å². The number of allylic oxidation sites excluding steroid dienone is 3. The van der Waals surface area contributed by atoms with Crippen LogP contribution in [0.3, 0.4) is 0 Å². The van der Waals surface area contributed by atoms with Crippen molar-refractivity contribution < 1.29 is 64.6 Å². The molecule has 0 spiro atoms. The Labute approximate surface area is 475 Å². The molecule has 1 amide bonds. The minimum absolute atomic E-state index is 0.244. The van der Waals surface area contributed by atoms with E-state index in [0.29, 0.717) is 12.8 Å². The largest absolute Gasteiger partial charge is 0.394 e. The van der Waals surface area contributed by atoms with E-state index in [1.807, 2.05) is 6.08 Å². The first-order valence-corrected chi connectivity index (χ1v) is 32.6. The first-order chi connectivity index (χ1) is 38.1. The van der Waals surface area contributed by atoms with Crippen LogP contribution in [0.25, 0.3) is 0 Å². The molecule has 9 N–H and O–H groups in total. The zero-order chi connectivity index (χ0) is 56.7. The maximum absolute atomic E-state index is 13.3. The number of nitrogens with one attached hydrogen (secondary N) is 1. The zero-order valence-corrected chi connectivity index (χ0v) is 49.7. The van der Waals surface area contributed by atoms with Crippen molar-refractivity contribution in [1.29, 1.82) is 0 Å². The number of hydrogen-bond acceptors (Lipinski definition) is 13. The third kappa shape index (κ3) is 34.8. The lowest BCUT2D eigenvalue weighted by Gasteiger charge is -2.46. The number of amides is 1. The van der Waals surface area contributed by atoms with Gasteiger partial charge in [-0.2, -0.15) is 0 Å². The molecule has 0 radical (unpaired) electrons. The van der Waals surface area contributed by atoms with Crippen molar-refractivity contribution in [3.8, 4) is 0 Å². The molecule has 2 heterocycles. The van der Waals surface area contributed by atoms with Crippen molar-refractivity contribution in [2.45, 2.75) is 357 Å². The van der Waals surface area contributed by atoms with Gasteiger partial charge in [0, 0.05) is 6.42 Å². The number of unbranched alkanes of at least 4 members (excludes halogenated alkanes) is 38. The van der Waals surface area contributed by atoms with Gasteiger partial charge in [0.05, 0.1) is 32.0 Å². The predicted molar refractivity (Wildman–Crippen MR) is 314 cm³/mol. The Morgan fingerprint density at radius 1 is 0.449 bits per heavy atom. The van der Waals surface area contributed by atoms with Gasteiger partial charge in [-0.25, -0.2) is 0 Å². The van der Waals surface area contributed by atoms with Crippen LogP contribution in [-0.4, -0.2) is 140 Å². The van der Waals surface area contributed by atoms with Crippen molar-refractivity contribution in [2.75, 3.05) is 19.8 Å². The summed E-state index contributed by atoms with van der Waals surface area (Å²) in [5.41, 5.74) is 0. The molecule has 12 unspecified atom stereocenters. The van der Waals surface area contributed by atoms with Gasteiger partial charge in [0.2, 0.25) is 5.91 Å². The molecule has 2 saturated heterocycles. The third-order valence-corrected chi connectivity index (χ3v) is 16.1. The Bertz CT molecular complexity index is 1400. The van der Waals surface area contributed by atoms with E-state index in [0.717, 1.165) is 32.1 Å². The van der Waals surface area contributed by atoms with E-state index >= 15 is 0 Å². The number of aliphatic hydroxyl groups excluding tert-OH is 8. The summed E-state index contributed by atoms with van der Waals surface area (Å²) in [5, 5.41) is 87.1. The number of carbonyl (C=O) groups excluding carboxylic acids is 1. The molecule has 2 aliphatic heterocycles. The van der Waals surface area contributed by atoms with E-state index in [4.69, 9.17) is 18.9 Å². The predicted octanol–water partition coefficient (Wildman–Crippen LogP) is 12.0. The number of carbonyl (C=O) groups is 1. The number of hydrogen-bond donors (Lipinski definition) is 9. The van der Waals surface area contributed by atoms with Crippen molar-refractivity contribution in [2.24, 2.45) is 0 Å². The maximum atomic E-state index is 13.3. The van der Waals surface area contributed by atoms with E-state index in [9.17, 15) is 45.6 Å². The van der Waals surface area contributed by atoms with Gasteiger partial charge in [0.15, 0.2) is 12.6 Å². The summed E-state index contributed by atoms with van der Waals surface area (Å²) in [6.45, 7) is 2.80. The van der Waals surface area contributed by atoms with E-state index in [1.165, 1.54) is 218 Å². The smallest absolute Gasteiger partial charge is 0.220 e. The number of rotatable bonds is 53. The summed E-state index contributed by atoms with van der Waals surface area (Å²) >= 11 is 0. The second-order valence-electron chi connectivity index (χ2n) is 23.2. The molecule has 14 heteroatoms. The normalized spacial score (nSPS) is 24.6. The fourth-order valence-corrected chi connectivity index (χ4v) is 10.9. The lowest BCUT2D eigenvalue weighted by molar-refractivity contribution is -0.359. The van der Waals surface area contributed by atoms with Crippen LogP contribution in [0.5, 0.6) is 0 Å². The Hall–Kier alpha value is -1.53. The molecule has 2 fully saturated rings. The van der Waals surface area contributed by atoms with Crippen LogP contribution in [0, 0.1) is 0 Å². The highest BCUT2D eigenvalue weighted by atomic mass is 16.7. The molecular weight excluding hydrogens is 991 g/mol. The molecule has 0 bridgehead atoms. The molecule has 0 aromatic rings. The number of ether oxygens (including phenoxy) is 4. The van der Waals surface area contributed by atoms with Gasteiger partial charge in [0.25, 0.3) is 0 Å². The first-order valence-electron chi connectivity index (χ1n) is 32.6. The van der Waals surface area contributed by atoms with Crippen LogP contribution >= 0.6 is 0 Å². The molecule has 0 aliphatic carbocycles. The van der Waals surface area contributed by atoms with Gasteiger partial charge in [0.1, 0.15) is 48.8 Å². The topological polar surface area (TPSA) is 228 Å². The molecule has 78 heavy (non-hydrogen) atoms.